The zero-order valence-electron chi connectivity index (χ0n) is 8.95. The SMILES string of the molecule is CCCOP(=S)(S)OCCC.S.S.S.S. The molecule has 0 radical (unpaired) electrons. The summed E-state index contributed by atoms with van der Waals surface area (Å²) in [5.74, 6) is 0. The molecule has 0 rings (SSSR count). The molecule has 0 heterocycles. The standard InChI is InChI=1S/C6H15O2PS2.4H2S/c1-3-5-7-9(10,11)8-6-4-2;;;;/h3-6H2,1-2H3,(H,10,11);4*1H2. The van der Waals surface area contributed by atoms with Crippen molar-refractivity contribution in [1.82, 2.24) is 0 Å². The van der Waals surface area contributed by atoms with Crippen LogP contribution in [0.1, 0.15) is 26.7 Å². The van der Waals surface area contributed by atoms with Gasteiger partial charge in [0.05, 0.1) is 13.2 Å². The molecule has 0 unspecified atom stereocenters. The molecule has 0 atom stereocenters. The highest BCUT2D eigenvalue weighted by Crippen LogP contribution is 2.53. The molecule has 0 saturated carbocycles. The fourth-order valence-electron chi connectivity index (χ4n) is 0.451. The predicted octanol–water partition coefficient (Wildman–Crippen LogP) is 3.45. The molecule has 0 aliphatic rings. The Morgan fingerprint density at radius 2 is 1.20 bits per heavy atom. The van der Waals surface area contributed by atoms with Crippen LogP contribution in [0.4, 0.5) is 0 Å². The molecular formula is C6H23O2PS6. The lowest BCUT2D eigenvalue weighted by Gasteiger charge is -2.15. The van der Waals surface area contributed by atoms with Crippen molar-refractivity contribution in [2.75, 3.05) is 13.2 Å². The molecule has 0 aromatic heterocycles. The van der Waals surface area contributed by atoms with Crippen LogP contribution < -0.4 is 0 Å². The Morgan fingerprint density at radius 1 is 0.933 bits per heavy atom. The molecular weight excluding hydrogens is 327 g/mol. The largest absolute Gasteiger partial charge is 0.322 e. The van der Waals surface area contributed by atoms with Gasteiger partial charge in [-0.05, 0) is 24.6 Å². The van der Waals surface area contributed by atoms with Crippen molar-refractivity contribution in [3.63, 3.8) is 0 Å². The molecule has 0 amide bonds. The second kappa shape index (κ2) is 18.7. The van der Waals surface area contributed by atoms with E-state index < -0.39 is 5.69 Å². The van der Waals surface area contributed by atoms with E-state index in [1.165, 1.54) is 0 Å². The van der Waals surface area contributed by atoms with Gasteiger partial charge in [-0.1, -0.05) is 26.1 Å². The summed E-state index contributed by atoms with van der Waals surface area (Å²) in [6, 6.07) is 0. The Bertz CT molecular complexity index is 136. The molecule has 15 heavy (non-hydrogen) atoms. The predicted molar refractivity (Wildman–Crippen MR) is 97.3 cm³/mol. The monoisotopic (exact) mass is 350 g/mol. The average molecular weight is 351 g/mol. The van der Waals surface area contributed by atoms with Crippen LogP contribution in [0, 0.1) is 0 Å². The zero-order valence-corrected chi connectivity index (χ0v) is 15.6. The molecule has 0 saturated heterocycles. The summed E-state index contributed by atoms with van der Waals surface area (Å²) in [4.78, 5) is 0. The average Bonchev–Trinajstić information content (AvgIpc) is 1.97. The molecule has 0 aromatic rings. The van der Waals surface area contributed by atoms with E-state index in [1.54, 1.807) is 0 Å². The highest BCUT2D eigenvalue weighted by atomic mass is 32.9. The minimum Gasteiger partial charge on any atom is -0.322 e. The van der Waals surface area contributed by atoms with Gasteiger partial charge in [-0.25, -0.2) is 0 Å². The number of hydrogen-bond acceptors (Lipinski definition) is 3. The summed E-state index contributed by atoms with van der Waals surface area (Å²) < 4.78 is 10.5. The van der Waals surface area contributed by atoms with Crippen LogP contribution in [-0.4, -0.2) is 13.2 Å². The molecule has 2 nitrogen and oxygen atoms in total. The number of thiol groups is 1. The first kappa shape index (κ1) is 30.4. The fourth-order valence-corrected chi connectivity index (χ4v) is 2.29. The van der Waals surface area contributed by atoms with Gasteiger partial charge in [0.15, 0.2) is 0 Å². The first-order chi connectivity index (χ1) is 5.12. The van der Waals surface area contributed by atoms with E-state index in [-0.39, 0.29) is 54.0 Å². The summed E-state index contributed by atoms with van der Waals surface area (Å²) in [5, 5.41) is 0. The Balaban J connectivity index is -0.0000000833. The van der Waals surface area contributed by atoms with Gasteiger partial charge in [0, 0.05) is 0 Å². The quantitative estimate of drug-likeness (QED) is 0.585. The van der Waals surface area contributed by atoms with Gasteiger partial charge in [-0.2, -0.15) is 54.0 Å². The highest BCUT2D eigenvalue weighted by Gasteiger charge is 2.10. The van der Waals surface area contributed by atoms with Crippen LogP contribution in [0.5, 0.6) is 0 Å². The van der Waals surface area contributed by atoms with Crippen LogP contribution in [-0.2, 0) is 20.9 Å². The molecule has 0 spiro atoms. The maximum absolute atomic E-state index is 5.25. The van der Waals surface area contributed by atoms with Crippen molar-refractivity contribution in [2.45, 2.75) is 26.7 Å². The van der Waals surface area contributed by atoms with E-state index in [0.717, 1.165) is 12.8 Å². The highest BCUT2D eigenvalue weighted by molar-refractivity contribution is 8.60. The number of hydrogen-bond donors (Lipinski definition) is 1. The molecule has 0 aromatic carbocycles. The Labute approximate surface area is 132 Å². The molecule has 100 valence electrons. The van der Waals surface area contributed by atoms with E-state index in [0.29, 0.717) is 13.2 Å². The van der Waals surface area contributed by atoms with Crippen molar-refractivity contribution in [2.24, 2.45) is 0 Å². The van der Waals surface area contributed by atoms with E-state index in [4.69, 9.17) is 20.9 Å². The van der Waals surface area contributed by atoms with Gasteiger partial charge in [0.1, 0.15) is 0 Å². The van der Waals surface area contributed by atoms with Gasteiger partial charge in [0.25, 0.3) is 0 Å². The Kier molecular flexibility index (Phi) is 37.8. The van der Waals surface area contributed by atoms with Gasteiger partial charge in [-0.3, -0.25) is 0 Å². The second-order valence-electron chi connectivity index (χ2n) is 2.14. The molecule has 0 aliphatic carbocycles. The van der Waals surface area contributed by atoms with Crippen LogP contribution in [0.2, 0.25) is 0 Å². The van der Waals surface area contributed by atoms with Crippen molar-refractivity contribution < 1.29 is 9.05 Å². The van der Waals surface area contributed by atoms with Crippen molar-refractivity contribution >= 4 is 83.7 Å². The molecule has 9 heteroatoms. The summed E-state index contributed by atoms with van der Waals surface area (Å²) in [6.45, 7) is 5.35. The maximum atomic E-state index is 5.25. The van der Waals surface area contributed by atoms with E-state index in [9.17, 15) is 0 Å². The minimum absolute atomic E-state index is 0. The first-order valence-corrected chi connectivity index (χ1v) is 7.53. The molecule has 0 bridgehead atoms. The summed E-state index contributed by atoms with van der Waals surface area (Å²) in [5.41, 5.74) is -2.20. The van der Waals surface area contributed by atoms with Gasteiger partial charge in [-0.15, -0.1) is 0 Å². The van der Waals surface area contributed by atoms with Crippen molar-refractivity contribution in [1.29, 1.82) is 0 Å². The molecule has 0 N–H and O–H groups in total. The van der Waals surface area contributed by atoms with Crippen LogP contribution in [0.15, 0.2) is 0 Å². The third-order valence-corrected chi connectivity index (χ3v) is 3.26. The Hall–Kier alpha value is 2.32. The van der Waals surface area contributed by atoms with Crippen LogP contribution in [0.25, 0.3) is 0 Å². The lowest BCUT2D eigenvalue weighted by Crippen LogP contribution is -1.92. The normalized spacial score (nSPS) is 8.73. The topological polar surface area (TPSA) is 18.5 Å². The van der Waals surface area contributed by atoms with Crippen molar-refractivity contribution in [3.8, 4) is 0 Å². The summed E-state index contributed by atoms with van der Waals surface area (Å²) in [7, 11) is 0. The van der Waals surface area contributed by atoms with E-state index in [2.05, 4.69) is 12.2 Å². The third kappa shape index (κ3) is 22.0. The molecule has 0 aliphatic heterocycles. The zero-order chi connectivity index (χ0) is 8.74. The minimum atomic E-state index is -2.20. The van der Waals surface area contributed by atoms with Gasteiger partial charge in [0.2, 0.25) is 5.69 Å². The second-order valence-corrected chi connectivity index (χ2v) is 7.42. The van der Waals surface area contributed by atoms with Crippen molar-refractivity contribution in [3.05, 3.63) is 0 Å². The smallest absolute Gasteiger partial charge is 0.244 e. The molecule has 0 fully saturated rings. The van der Waals surface area contributed by atoms with Crippen LogP contribution in [0.3, 0.4) is 0 Å². The van der Waals surface area contributed by atoms with Gasteiger partial charge >= 0.3 is 0 Å². The lowest BCUT2D eigenvalue weighted by molar-refractivity contribution is 0.260. The fraction of sp³-hybridized carbons (Fsp3) is 1.00. The first-order valence-electron chi connectivity index (χ1n) is 3.74. The summed E-state index contributed by atoms with van der Waals surface area (Å²) >= 11 is 9.14. The van der Waals surface area contributed by atoms with E-state index in [1.807, 2.05) is 13.8 Å². The lowest BCUT2D eigenvalue weighted by atomic mass is 10.5. The third-order valence-electron chi connectivity index (χ3n) is 0.917. The maximum Gasteiger partial charge on any atom is 0.244 e. The Morgan fingerprint density at radius 3 is 1.40 bits per heavy atom. The van der Waals surface area contributed by atoms with Gasteiger partial charge < -0.3 is 9.05 Å². The summed E-state index contributed by atoms with van der Waals surface area (Å²) in [6.07, 6.45) is 1.91. The number of rotatable bonds is 6. The van der Waals surface area contributed by atoms with E-state index >= 15 is 0 Å². The van der Waals surface area contributed by atoms with Crippen LogP contribution >= 0.6 is 71.9 Å².